The molecule has 2 N–H and O–H groups in total. The fourth-order valence-corrected chi connectivity index (χ4v) is 3.54. The van der Waals surface area contributed by atoms with Crippen molar-refractivity contribution in [3.05, 3.63) is 24.0 Å². The van der Waals surface area contributed by atoms with Crippen molar-refractivity contribution in [2.45, 2.75) is 13.0 Å². The molecule has 0 saturated carbocycles. The van der Waals surface area contributed by atoms with Gasteiger partial charge in [-0.1, -0.05) is 0 Å². The lowest BCUT2D eigenvalue weighted by Crippen LogP contribution is -2.49. The molecule has 6 nitrogen and oxygen atoms in total. The molecule has 1 aliphatic heterocycles. The number of sulfone groups is 1. The SMILES string of the molecule is CC1CS(=O)(=O)CCN1C(=O)c1ccc(N)cn1. The molecule has 18 heavy (non-hydrogen) atoms. The Morgan fingerprint density at radius 2 is 2.22 bits per heavy atom. The normalized spacial score (nSPS) is 22.7. The topological polar surface area (TPSA) is 93.4 Å². The second-order valence-electron chi connectivity index (χ2n) is 4.44. The van der Waals surface area contributed by atoms with Gasteiger partial charge in [-0.25, -0.2) is 13.4 Å². The number of nitrogen functional groups attached to an aromatic ring is 1. The molecule has 1 amide bonds. The van der Waals surface area contributed by atoms with Gasteiger partial charge in [0.25, 0.3) is 5.91 Å². The van der Waals surface area contributed by atoms with Crippen molar-refractivity contribution in [2.75, 3.05) is 23.8 Å². The monoisotopic (exact) mass is 269 g/mol. The van der Waals surface area contributed by atoms with Crippen LogP contribution in [0.1, 0.15) is 17.4 Å². The van der Waals surface area contributed by atoms with E-state index in [1.165, 1.54) is 6.20 Å². The van der Waals surface area contributed by atoms with E-state index in [4.69, 9.17) is 5.73 Å². The van der Waals surface area contributed by atoms with Crippen LogP contribution in [0.4, 0.5) is 5.69 Å². The van der Waals surface area contributed by atoms with Crippen LogP contribution in [0.3, 0.4) is 0 Å². The third kappa shape index (κ3) is 2.61. The zero-order valence-corrected chi connectivity index (χ0v) is 10.9. The lowest BCUT2D eigenvalue weighted by atomic mass is 10.2. The first-order chi connectivity index (χ1) is 8.39. The van der Waals surface area contributed by atoms with E-state index in [-0.39, 0.29) is 35.7 Å². The summed E-state index contributed by atoms with van der Waals surface area (Å²) >= 11 is 0. The maximum atomic E-state index is 12.2. The summed E-state index contributed by atoms with van der Waals surface area (Å²) in [6, 6.07) is 2.83. The number of amides is 1. The van der Waals surface area contributed by atoms with Gasteiger partial charge in [-0.05, 0) is 19.1 Å². The number of nitrogens with zero attached hydrogens (tertiary/aromatic N) is 2. The van der Waals surface area contributed by atoms with Gasteiger partial charge in [0, 0.05) is 12.6 Å². The average molecular weight is 269 g/mol. The molecule has 7 heteroatoms. The highest BCUT2D eigenvalue weighted by molar-refractivity contribution is 7.91. The molecule has 0 radical (unpaired) electrons. The summed E-state index contributed by atoms with van der Waals surface area (Å²) in [5.74, 6) is -0.233. The van der Waals surface area contributed by atoms with E-state index in [1.807, 2.05) is 0 Å². The molecule has 1 atom stereocenters. The average Bonchev–Trinajstić information content (AvgIpc) is 2.28. The minimum atomic E-state index is -3.02. The van der Waals surface area contributed by atoms with Gasteiger partial charge in [-0.15, -0.1) is 0 Å². The molecule has 2 heterocycles. The van der Waals surface area contributed by atoms with E-state index in [2.05, 4.69) is 4.98 Å². The molecule has 98 valence electrons. The third-order valence-electron chi connectivity index (χ3n) is 2.94. The Balaban J connectivity index is 2.17. The van der Waals surface area contributed by atoms with Crippen LogP contribution < -0.4 is 5.73 Å². The molecule has 0 aromatic carbocycles. The highest BCUT2D eigenvalue weighted by Crippen LogP contribution is 2.14. The molecule has 1 aliphatic rings. The number of carbonyl (C=O) groups is 1. The van der Waals surface area contributed by atoms with Gasteiger partial charge < -0.3 is 10.6 Å². The molecule has 1 aromatic rings. The fraction of sp³-hybridized carbons (Fsp3) is 0.455. The molecule has 0 aliphatic carbocycles. The number of hydrogen-bond acceptors (Lipinski definition) is 5. The van der Waals surface area contributed by atoms with Gasteiger partial charge >= 0.3 is 0 Å². The summed E-state index contributed by atoms with van der Waals surface area (Å²) in [6.45, 7) is 1.94. The molecule has 0 spiro atoms. The number of aromatic nitrogens is 1. The second-order valence-corrected chi connectivity index (χ2v) is 6.67. The highest BCUT2D eigenvalue weighted by Gasteiger charge is 2.32. The minimum absolute atomic E-state index is 0.00765. The third-order valence-corrected chi connectivity index (χ3v) is 4.73. The quantitative estimate of drug-likeness (QED) is 0.770. The van der Waals surface area contributed by atoms with Crippen LogP contribution in [0.25, 0.3) is 0 Å². The lowest BCUT2D eigenvalue weighted by Gasteiger charge is -2.32. The van der Waals surface area contributed by atoms with E-state index >= 15 is 0 Å². The Hall–Kier alpha value is -1.63. The fourth-order valence-electron chi connectivity index (χ4n) is 1.98. The second kappa shape index (κ2) is 4.56. The van der Waals surface area contributed by atoms with E-state index in [1.54, 1.807) is 24.0 Å². The Morgan fingerprint density at radius 1 is 1.50 bits per heavy atom. The number of hydrogen-bond donors (Lipinski definition) is 1. The summed E-state index contributed by atoms with van der Waals surface area (Å²) in [5.41, 5.74) is 6.28. The first-order valence-corrected chi connectivity index (χ1v) is 7.44. The summed E-state index contributed by atoms with van der Waals surface area (Å²) in [7, 11) is -3.02. The van der Waals surface area contributed by atoms with E-state index in [9.17, 15) is 13.2 Å². The minimum Gasteiger partial charge on any atom is -0.397 e. The Kier molecular flexibility index (Phi) is 3.25. The van der Waals surface area contributed by atoms with Gasteiger partial charge in [0.15, 0.2) is 9.84 Å². The van der Waals surface area contributed by atoms with Crippen LogP contribution in [0.5, 0.6) is 0 Å². The zero-order valence-electron chi connectivity index (χ0n) is 10.0. The molecule has 2 rings (SSSR count). The van der Waals surface area contributed by atoms with E-state index < -0.39 is 9.84 Å². The van der Waals surface area contributed by atoms with Gasteiger partial charge in [0.05, 0.1) is 23.4 Å². The van der Waals surface area contributed by atoms with Gasteiger partial charge in [0.2, 0.25) is 0 Å². The lowest BCUT2D eigenvalue weighted by molar-refractivity contribution is 0.0706. The molecule has 1 unspecified atom stereocenters. The predicted molar refractivity (Wildman–Crippen MR) is 67.8 cm³/mol. The predicted octanol–water partition coefficient (Wildman–Crippen LogP) is -0.0771. The van der Waals surface area contributed by atoms with Gasteiger partial charge in [0.1, 0.15) is 5.69 Å². The number of carbonyl (C=O) groups excluding carboxylic acids is 1. The van der Waals surface area contributed by atoms with Crippen LogP contribution in [-0.4, -0.2) is 48.3 Å². The van der Waals surface area contributed by atoms with Crippen molar-refractivity contribution in [1.82, 2.24) is 9.88 Å². The smallest absolute Gasteiger partial charge is 0.272 e. The summed E-state index contributed by atoms with van der Waals surface area (Å²) in [5, 5.41) is 0. The van der Waals surface area contributed by atoms with Crippen LogP contribution in [0.2, 0.25) is 0 Å². The van der Waals surface area contributed by atoms with Crippen LogP contribution >= 0.6 is 0 Å². The molecule has 1 fully saturated rings. The summed E-state index contributed by atoms with van der Waals surface area (Å²) in [6.07, 6.45) is 1.42. The molecule has 1 aromatic heterocycles. The maximum absolute atomic E-state index is 12.2. The van der Waals surface area contributed by atoms with Crippen molar-refractivity contribution in [3.63, 3.8) is 0 Å². The largest absolute Gasteiger partial charge is 0.397 e. The molecular formula is C11H15N3O3S. The Bertz CT molecular complexity index is 553. The zero-order chi connectivity index (χ0) is 13.3. The van der Waals surface area contributed by atoms with Crippen molar-refractivity contribution in [2.24, 2.45) is 0 Å². The standard InChI is InChI=1S/C11H15N3O3S/c1-8-7-18(16,17)5-4-14(8)11(15)10-3-2-9(12)6-13-10/h2-3,6,8H,4-5,7,12H2,1H3. The maximum Gasteiger partial charge on any atom is 0.272 e. The Morgan fingerprint density at radius 3 is 2.78 bits per heavy atom. The van der Waals surface area contributed by atoms with Crippen molar-refractivity contribution < 1.29 is 13.2 Å². The Labute approximate surface area is 106 Å². The van der Waals surface area contributed by atoms with E-state index in [0.29, 0.717) is 5.69 Å². The highest BCUT2D eigenvalue weighted by atomic mass is 32.2. The molecular weight excluding hydrogens is 254 g/mol. The first-order valence-electron chi connectivity index (χ1n) is 5.62. The molecule has 0 bridgehead atoms. The van der Waals surface area contributed by atoms with Crippen molar-refractivity contribution in [1.29, 1.82) is 0 Å². The number of rotatable bonds is 1. The number of anilines is 1. The summed E-state index contributed by atoms with van der Waals surface area (Å²) < 4.78 is 22.9. The van der Waals surface area contributed by atoms with Gasteiger partial charge in [-0.3, -0.25) is 4.79 Å². The van der Waals surface area contributed by atoms with Crippen LogP contribution in [0.15, 0.2) is 18.3 Å². The van der Waals surface area contributed by atoms with Crippen LogP contribution in [-0.2, 0) is 9.84 Å². The first kappa shape index (κ1) is 12.8. The number of pyridine rings is 1. The van der Waals surface area contributed by atoms with Crippen LogP contribution in [0, 0.1) is 0 Å². The molecule has 1 saturated heterocycles. The van der Waals surface area contributed by atoms with Gasteiger partial charge in [-0.2, -0.15) is 0 Å². The number of nitrogens with two attached hydrogens (primary N) is 1. The summed E-state index contributed by atoms with van der Waals surface area (Å²) in [4.78, 5) is 17.7. The van der Waals surface area contributed by atoms with Crippen molar-refractivity contribution in [3.8, 4) is 0 Å². The van der Waals surface area contributed by atoms with E-state index in [0.717, 1.165) is 0 Å². The van der Waals surface area contributed by atoms with Crippen molar-refractivity contribution >= 4 is 21.4 Å².